The third-order valence-corrected chi connectivity index (χ3v) is 5.67. The molecule has 9 heteroatoms. The van der Waals surface area contributed by atoms with Crippen LogP contribution in [0.1, 0.15) is 17.0 Å². The van der Waals surface area contributed by atoms with Gasteiger partial charge in [0, 0.05) is 23.6 Å². The number of halogens is 1. The van der Waals surface area contributed by atoms with Crippen molar-refractivity contribution in [2.45, 2.75) is 19.9 Å². The number of amides is 1. The van der Waals surface area contributed by atoms with E-state index in [2.05, 4.69) is 4.98 Å². The topological polar surface area (TPSA) is 102 Å². The first kappa shape index (κ1) is 25.8. The van der Waals surface area contributed by atoms with Crippen molar-refractivity contribution in [3.8, 4) is 23.0 Å². The number of carbonyl (C=O) groups excluding carboxylic acids is 1. The third-order valence-electron chi connectivity index (χ3n) is 5.42. The van der Waals surface area contributed by atoms with E-state index in [9.17, 15) is 14.7 Å². The first-order valence-corrected chi connectivity index (χ1v) is 11.9. The molecule has 0 saturated heterocycles. The number of aryl methyl sites for hydroxylation is 1. The van der Waals surface area contributed by atoms with E-state index in [1.54, 1.807) is 36.4 Å². The fraction of sp³-hybridized carbons (Fsp3) is 0.179. The van der Waals surface area contributed by atoms with Crippen molar-refractivity contribution in [1.29, 1.82) is 0 Å². The van der Waals surface area contributed by atoms with Crippen LogP contribution in [0.3, 0.4) is 0 Å². The predicted octanol–water partition coefficient (Wildman–Crippen LogP) is 6.01. The van der Waals surface area contributed by atoms with Gasteiger partial charge in [-0.3, -0.25) is 9.69 Å². The monoisotopic (exact) mass is 520 g/mol. The lowest BCUT2D eigenvalue weighted by atomic mass is 10.2. The van der Waals surface area contributed by atoms with E-state index in [0.29, 0.717) is 29.7 Å². The normalized spacial score (nSPS) is 10.6. The van der Waals surface area contributed by atoms with Gasteiger partial charge in [0.05, 0.1) is 12.3 Å². The third kappa shape index (κ3) is 7.35. The molecule has 37 heavy (non-hydrogen) atoms. The predicted molar refractivity (Wildman–Crippen MR) is 138 cm³/mol. The molecule has 3 aromatic carbocycles. The Morgan fingerprint density at radius 3 is 2.32 bits per heavy atom. The number of aliphatic carboxylic acids is 1. The van der Waals surface area contributed by atoms with Crippen molar-refractivity contribution >= 4 is 23.7 Å². The second-order valence-electron chi connectivity index (χ2n) is 8.20. The first-order valence-electron chi connectivity index (χ1n) is 11.5. The van der Waals surface area contributed by atoms with Gasteiger partial charge in [-0.1, -0.05) is 41.9 Å². The Bertz CT molecular complexity index is 1340. The summed E-state index contributed by atoms with van der Waals surface area (Å²) in [7, 11) is 0. The van der Waals surface area contributed by atoms with Crippen LogP contribution in [0, 0.1) is 6.92 Å². The number of oxazole rings is 1. The molecule has 8 nitrogen and oxygen atoms in total. The molecule has 0 unspecified atom stereocenters. The van der Waals surface area contributed by atoms with E-state index in [1.807, 2.05) is 37.3 Å². The SMILES string of the molecule is Cc1oc(-c2ccccc2)nc1CCOc1ccc(CN(CC(=O)O)C(=O)Oc2ccc(Cl)cc2)cc1. The molecular weight excluding hydrogens is 496 g/mol. The number of benzene rings is 3. The number of carbonyl (C=O) groups is 2. The van der Waals surface area contributed by atoms with E-state index in [4.69, 9.17) is 25.5 Å². The molecule has 0 atom stereocenters. The summed E-state index contributed by atoms with van der Waals surface area (Å²) in [5, 5.41) is 9.73. The van der Waals surface area contributed by atoms with Gasteiger partial charge in [-0.2, -0.15) is 0 Å². The Hall–Kier alpha value is -4.30. The minimum atomic E-state index is -1.15. The number of carboxylic acids is 1. The number of aromatic nitrogens is 1. The van der Waals surface area contributed by atoms with E-state index >= 15 is 0 Å². The molecule has 1 N–H and O–H groups in total. The second kappa shape index (κ2) is 12.1. The maximum absolute atomic E-state index is 12.6. The van der Waals surface area contributed by atoms with Crippen molar-refractivity contribution in [3.63, 3.8) is 0 Å². The quantitative estimate of drug-likeness (QED) is 0.273. The summed E-state index contributed by atoms with van der Waals surface area (Å²) in [5.74, 6) is 1.10. The maximum atomic E-state index is 12.6. The van der Waals surface area contributed by atoms with Gasteiger partial charge in [0.2, 0.25) is 5.89 Å². The van der Waals surface area contributed by atoms with Gasteiger partial charge >= 0.3 is 12.1 Å². The highest BCUT2D eigenvalue weighted by Crippen LogP contribution is 2.22. The molecule has 0 bridgehead atoms. The average Bonchev–Trinajstić information content (AvgIpc) is 3.26. The summed E-state index contributed by atoms with van der Waals surface area (Å²) >= 11 is 5.85. The van der Waals surface area contributed by atoms with Gasteiger partial charge in [-0.15, -0.1) is 0 Å². The van der Waals surface area contributed by atoms with Crippen LogP contribution in [0.4, 0.5) is 4.79 Å². The Morgan fingerprint density at radius 2 is 1.65 bits per heavy atom. The van der Waals surface area contributed by atoms with Crippen molar-refractivity contribution < 1.29 is 28.6 Å². The van der Waals surface area contributed by atoms with Gasteiger partial charge in [-0.25, -0.2) is 9.78 Å². The Morgan fingerprint density at radius 1 is 0.973 bits per heavy atom. The van der Waals surface area contributed by atoms with Crippen LogP contribution in [0.5, 0.6) is 11.5 Å². The van der Waals surface area contributed by atoms with Crippen molar-refractivity contribution in [2.75, 3.05) is 13.2 Å². The Balaban J connectivity index is 1.32. The standard InChI is InChI=1S/C28H25ClN2O6/c1-19-25(30-27(36-19)21-5-3-2-4-6-21)15-16-35-23-11-7-20(8-12-23)17-31(18-26(32)33)28(34)37-24-13-9-22(29)10-14-24/h2-14H,15-18H2,1H3,(H,32,33). The molecule has 190 valence electrons. The van der Waals surface area contributed by atoms with Crippen LogP contribution in [0.2, 0.25) is 5.02 Å². The van der Waals surface area contributed by atoms with Crippen LogP contribution in [-0.2, 0) is 17.8 Å². The van der Waals surface area contributed by atoms with Crippen LogP contribution < -0.4 is 9.47 Å². The summed E-state index contributed by atoms with van der Waals surface area (Å²) in [6.07, 6.45) is -0.199. The number of hydrogen-bond acceptors (Lipinski definition) is 6. The number of hydrogen-bond donors (Lipinski definition) is 1. The van der Waals surface area contributed by atoms with Crippen LogP contribution >= 0.6 is 11.6 Å². The zero-order valence-corrected chi connectivity index (χ0v) is 20.9. The summed E-state index contributed by atoms with van der Waals surface area (Å²) in [4.78, 5) is 29.6. The number of nitrogens with zero attached hydrogens (tertiary/aromatic N) is 2. The van der Waals surface area contributed by atoms with E-state index < -0.39 is 18.6 Å². The highest BCUT2D eigenvalue weighted by molar-refractivity contribution is 6.30. The number of carboxylic acid groups (broad SMARTS) is 1. The molecule has 1 heterocycles. The van der Waals surface area contributed by atoms with Crippen LogP contribution in [0.15, 0.2) is 83.3 Å². The van der Waals surface area contributed by atoms with Crippen LogP contribution in [0.25, 0.3) is 11.5 Å². The highest BCUT2D eigenvalue weighted by Gasteiger charge is 2.20. The fourth-order valence-corrected chi connectivity index (χ4v) is 3.68. The molecule has 0 radical (unpaired) electrons. The van der Waals surface area contributed by atoms with Crippen molar-refractivity contribution in [3.05, 3.63) is 101 Å². The molecule has 1 amide bonds. The molecule has 0 spiro atoms. The highest BCUT2D eigenvalue weighted by atomic mass is 35.5. The van der Waals surface area contributed by atoms with Gasteiger partial charge in [-0.05, 0) is 61.0 Å². The minimum absolute atomic E-state index is 0.0550. The lowest BCUT2D eigenvalue weighted by Crippen LogP contribution is -2.37. The Labute approximate surface area is 219 Å². The van der Waals surface area contributed by atoms with Gasteiger partial charge < -0.3 is 19.0 Å². The molecule has 4 aromatic rings. The van der Waals surface area contributed by atoms with Gasteiger partial charge in [0.25, 0.3) is 0 Å². The molecule has 0 fully saturated rings. The molecule has 0 saturated carbocycles. The second-order valence-corrected chi connectivity index (χ2v) is 8.64. The smallest absolute Gasteiger partial charge is 0.416 e. The Kier molecular flexibility index (Phi) is 8.43. The average molecular weight is 521 g/mol. The summed E-state index contributed by atoms with van der Waals surface area (Å²) < 4.78 is 16.9. The first-order chi connectivity index (χ1) is 17.9. The van der Waals surface area contributed by atoms with Crippen LogP contribution in [-0.4, -0.2) is 40.2 Å². The summed E-state index contributed by atoms with van der Waals surface area (Å²) in [6, 6.07) is 23.0. The van der Waals surface area contributed by atoms with Gasteiger partial charge in [0.15, 0.2) is 0 Å². The summed E-state index contributed by atoms with van der Waals surface area (Å²) in [5.41, 5.74) is 2.47. The van der Waals surface area contributed by atoms with Crippen molar-refractivity contribution in [2.24, 2.45) is 0 Å². The molecule has 0 aliphatic rings. The number of rotatable bonds is 10. The van der Waals surface area contributed by atoms with Gasteiger partial charge in [0.1, 0.15) is 23.8 Å². The molecule has 0 aliphatic heterocycles. The lowest BCUT2D eigenvalue weighted by molar-refractivity contribution is -0.138. The zero-order chi connectivity index (χ0) is 26.2. The van der Waals surface area contributed by atoms with Crippen molar-refractivity contribution in [1.82, 2.24) is 9.88 Å². The molecule has 4 rings (SSSR count). The summed E-state index contributed by atoms with van der Waals surface area (Å²) in [6.45, 7) is 1.83. The zero-order valence-electron chi connectivity index (χ0n) is 20.1. The fourth-order valence-electron chi connectivity index (χ4n) is 3.56. The van der Waals surface area contributed by atoms with E-state index in [1.165, 1.54) is 12.1 Å². The van der Waals surface area contributed by atoms with E-state index in [-0.39, 0.29) is 12.3 Å². The maximum Gasteiger partial charge on any atom is 0.416 e. The molecule has 0 aliphatic carbocycles. The minimum Gasteiger partial charge on any atom is -0.493 e. The number of ether oxygens (including phenoxy) is 2. The molecule has 1 aromatic heterocycles. The molecular formula is C28H25ClN2O6. The lowest BCUT2D eigenvalue weighted by Gasteiger charge is -2.20. The van der Waals surface area contributed by atoms with E-state index in [0.717, 1.165) is 27.5 Å². The largest absolute Gasteiger partial charge is 0.493 e.